The molecular weight excluding hydrogens is 381 g/mol. The number of rotatable bonds is 5. The highest BCUT2D eigenvalue weighted by atomic mass is 127. The third-order valence-electron chi connectivity index (χ3n) is 4.72. The van der Waals surface area contributed by atoms with Crippen molar-refractivity contribution in [2.45, 2.75) is 51.9 Å². The van der Waals surface area contributed by atoms with Crippen LogP contribution in [0.25, 0.3) is 11.3 Å². The van der Waals surface area contributed by atoms with Gasteiger partial charge in [-0.3, -0.25) is 4.98 Å². The van der Waals surface area contributed by atoms with Crippen LogP contribution in [0.5, 0.6) is 0 Å². The van der Waals surface area contributed by atoms with Gasteiger partial charge in [0, 0.05) is 14.8 Å². The zero-order valence-electron chi connectivity index (χ0n) is 13.3. The van der Waals surface area contributed by atoms with E-state index in [0.29, 0.717) is 0 Å². The maximum atomic E-state index is 4.94. The Bertz CT molecular complexity index is 618. The number of hydrogen-bond acceptors (Lipinski definition) is 1. The van der Waals surface area contributed by atoms with E-state index in [1.807, 2.05) is 0 Å². The molecule has 116 valence electrons. The monoisotopic (exact) mass is 405 g/mol. The molecule has 0 fully saturated rings. The van der Waals surface area contributed by atoms with E-state index in [0.717, 1.165) is 18.0 Å². The SMILES string of the molecule is CCCCC[C@@H]1CCc2nc(-c3ccc(I)cc3)ccc2C1. The van der Waals surface area contributed by atoms with E-state index < -0.39 is 0 Å². The fraction of sp³-hybridized carbons (Fsp3) is 0.450. The molecule has 0 aliphatic heterocycles. The fourth-order valence-corrected chi connectivity index (χ4v) is 3.76. The van der Waals surface area contributed by atoms with Crippen LogP contribution in [-0.2, 0) is 12.8 Å². The summed E-state index contributed by atoms with van der Waals surface area (Å²) in [6, 6.07) is 13.2. The molecule has 0 spiro atoms. The van der Waals surface area contributed by atoms with Gasteiger partial charge in [-0.1, -0.05) is 50.8 Å². The first-order valence-electron chi connectivity index (χ1n) is 8.51. The van der Waals surface area contributed by atoms with Crippen molar-refractivity contribution in [2.24, 2.45) is 5.92 Å². The highest BCUT2D eigenvalue weighted by molar-refractivity contribution is 14.1. The predicted molar refractivity (Wildman–Crippen MR) is 102 cm³/mol. The number of benzene rings is 1. The molecule has 1 aromatic carbocycles. The molecule has 0 saturated heterocycles. The van der Waals surface area contributed by atoms with E-state index in [-0.39, 0.29) is 0 Å². The molecule has 1 nitrogen and oxygen atoms in total. The van der Waals surface area contributed by atoms with Gasteiger partial charge in [0.05, 0.1) is 5.69 Å². The lowest BCUT2D eigenvalue weighted by molar-refractivity contribution is 0.404. The number of nitrogens with zero attached hydrogens (tertiary/aromatic N) is 1. The molecule has 0 N–H and O–H groups in total. The summed E-state index contributed by atoms with van der Waals surface area (Å²) >= 11 is 2.35. The minimum Gasteiger partial charge on any atom is -0.253 e. The van der Waals surface area contributed by atoms with Crippen LogP contribution in [0, 0.1) is 9.49 Å². The predicted octanol–water partition coefficient (Wildman–Crippen LogP) is 6.04. The van der Waals surface area contributed by atoms with Crippen LogP contribution in [0.3, 0.4) is 0 Å². The summed E-state index contributed by atoms with van der Waals surface area (Å²) in [4.78, 5) is 4.94. The standard InChI is InChI=1S/C20H24IN/c1-2-3-4-5-15-6-12-20-17(14-15)9-13-19(22-20)16-7-10-18(21)11-8-16/h7-11,13,15H,2-6,12,14H2,1H3/t15-/m1/s1. The molecule has 0 bridgehead atoms. The smallest absolute Gasteiger partial charge is 0.0705 e. The topological polar surface area (TPSA) is 12.9 Å². The number of aryl methyl sites for hydroxylation is 1. The maximum absolute atomic E-state index is 4.94. The van der Waals surface area contributed by atoms with Gasteiger partial charge in [0.1, 0.15) is 0 Å². The van der Waals surface area contributed by atoms with Crippen LogP contribution < -0.4 is 0 Å². The lowest BCUT2D eigenvalue weighted by atomic mass is 9.83. The minimum absolute atomic E-state index is 0.880. The summed E-state index contributed by atoms with van der Waals surface area (Å²) in [6.07, 6.45) is 9.21. The largest absolute Gasteiger partial charge is 0.253 e. The Balaban J connectivity index is 1.72. The molecular formula is C20H24IN. The van der Waals surface area contributed by atoms with Gasteiger partial charge < -0.3 is 0 Å². The van der Waals surface area contributed by atoms with Gasteiger partial charge in [-0.05, 0) is 71.5 Å². The zero-order valence-corrected chi connectivity index (χ0v) is 15.5. The first-order chi connectivity index (χ1) is 10.8. The zero-order chi connectivity index (χ0) is 15.4. The molecule has 22 heavy (non-hydrogen) atoms. The Morgan fingerprint density at radius 2 is 1.91 bits per heavy atom. The lowest BCUT2D eigenvalue weighted by Gasteiger charge is -2.24. The minimum atomic E-state index is 0.880. The quantitative estimate of drug-likeness (QED) is 0.437. The van der Waals surface area contributed by atoms with E-state index in [1.54, 1.807) is 0 Å². The van der Waals surface area contributed by atoms with Gasteiger partial charge in [0.15, 0.2) is 0 Å². The van der Waals surface area contributed by atoms with Gasteiger partial charge in [0.25, 0.3) is 0 Å². The molecule has 1 atom stereocenters. The number of pyridine rings is 1. The first-order valence-corrected chi connectivity index (χ1v) is 9.59. The molecule has 1 aliphatic carbocycles. The molecule has 2 heteroatoms. The van der Waals surface area contributed by atoms with E-state index >= 15 is 0 Å². The van der Waals surface area contributed by atoms with E-state index in [9.17, 15) is 0 Å². The molecule has 2 aromatic rings. The van der Waals surface area contributed by atoms with Gasteiger partial charge in [-0.15, -0.1) is 0 Å². The number of unbranched alkanes of at least 4 members (excludes halogenated alkanes) is 2. The lowest BCUT2D eigenvalue weighted by Crippen LogP contribution is -2.15. The van der Waals surface area contributed by atoms with Crippen molar-refractivity contribution in [3.63, 3.8) is 0 Å². The van der Waals surface area contributed by atoms with Crippen molar-refractivity contribution in [3.05, 3.63) is 51.2 Å². The molecule has 3 rings (SSSR count). The second-order valence-electron chi connectivity index (χ2n) is 6.41. The van der Waals surface area contributed by atoms with Crippen molar-refractivity contribution in [1.29, 1.82) is 0 Å². The van der Waals surface area contributed by atoms with E-state index in [4.69, 9.17) is 4.98 Å². The Morgan fingerprint density at radius 3 is 2.68 bits per heavy atom. The van der Waals surface area contributed by atoms with Crippen LogP contribution in [-0.4, -0.2) is 4.98 Å². The third-order valence-corrected chi connectivity index (χ3v) is 5.44. The Morgan fingerprint density at radius 1 is 1.09 bits per heavy atom. The highest BCUT2D eigenvalue weighted by Crippen LogP contribution is 2.30. The summed E-state index contributed by atoms with van der Waals surface area (Å²) in [6.45, 7) is 2.28. The number of fused-ring (bicyclic) bond motifs is 1. The molecule has 0 unspecified atom stereocenters. The fourth-order valence-electron chi connectivity index (χ4n) is 3.40. The van der Waals surface area contributed by atoms with Crippen molar-refractivity contribution < 1.29 is 0 Å². The van der Waals surface area contributed by atoms with Crippen molar-refractivity contribution in [2.75, 3.05) is 0 Å². The summed E-state index contributed by atoms with van der Waals surface area (Å²) in [7, 11) is 0. The van der Waals surface area contributed by atoms with Crippen molar-refractivity contribution >= 4 is 22.6 Å². The maximum Gasteiger partial charge on any atom is 0.0705 e. The molecule has 0 amide bonds. The molecule has 0 saturated carbocycles. The van der Waals surface area contributed by atoms with Gasteiger partial charge in [-0.2, -0.15) is 0 Å². The summed E-state index contributed by atoms with van der Waals surface area (Å²) in [5.74, 6) is 0.880. The van der Waals surface area contributed by atoms with E-state index in [2.05, 4.69) is 65.9 Å². The second kappa shape index (κ2) is 7.58. The molecule has 1 heterocycles. The van der Waals surface area contributed by atoms with Gasteiger partial charge >= 0.3 is 0 Å². The number of aromatic nitrogens is 1. The van der Waals surface area contributed by atoms with Crippen LogP contribution in [0.2, 0.25) is 0 Å². The summed E-state index contributed by atoms with van der Waals surface area (Å²) < 4.78 is 1.27. The van der Waals surface area contributed by atoms with Gasteiger partial charge in [0.2, 0.25) is 0 Å². The Kier molecular flexibility index (Phi) is 5.51. The van der Waals surface area contributed by atoms with E-state index in [1.165, 1.54) is 58.9 Å². The average molecular weight is 405 g/mol. The van der Waals surface area contributed by atoms with Gasteiger partial charge in [-0.25, -0.2) is 0 Å². The number of hydrogen-bond donors (Lipinski definition) is 0. The molecule has 1 aromatic heterocycles. The molecule has 1 aliphatic rings. The summed E-state index contributed by atoms with van der Waals surface area (Å²) in [5.41, 5.74) is 5.18. The molecule has 0 radical (unpaired) electrons. The van der Waals surface area contributed by atoms with Crippen LogP contribution in [0.15, 0.2) is 36.4 Å². The average Bonchev–Trinajstić information content (AvgIpc) is 2.55. The second-order valence-corrected chi connectivity index (χ2v) is 7.66. The number of halogens is 1. The third kappa shape index (κ3) is 3.89. The summed E-state index contributed by atoms with van der Waals surface area (Å²) in [5, 5.41) is 0. The first kappa shape index (κ1) is 16.0. The van der Waals surface area contributed by atoms with Crippen molar-refractivity contribution in [1.82, 2.24) is 4.98 Å². The normalized spacial score (nSPS) is 17.3. The van der Waals surface area contributed by atoms with Crippen LogP contribution in [0.1, 0.15) is 50.3 Å². The Labute approximate surface area is 147 Å². The van der Waals surface area contributed by atoms with Crippen molar-refractivity contribution in [3.8, 4) is 11.3 Å². The van der Waals surface area contributed by atoms with Crippen LogP contribution >= 0.6 is 22.6 Å². The Hall–Kier alpha value is -0.900. The van der Waals surface area contributed by atoms with Crippen LogP contribution in [0.4, 0.5) is 0 Å². The highest BCUT2D eigenvalue weighted by Gasteiger charge is 2.19.